The second kappa shape index (κ2) is 11.9. The Hall–Kier alpha value is -0.477. The minimum atomic E-state index is 0. The smallest absolute Gasteiger partial charge is 0.0771 e. The maximum absolute atomic E-state index is 4.17. The van der Waals surface area contributed by atoms with Gasteiger partial charge >= 0.3 is 31.5 Å². The van der Waals surface area contributed by atoms with Gasteiger partial charge in [0.25, 0.3) is 0 Å². The molecule has 2 aliphatic rings. The Labute approximate surface area is 220 Å². The number of hydrogen-bond acceptors (Lipinski definition) is 2. The van der Waals surface area contributed by atoms with Gasteiger partial charge in [0.15, 0.2) is 0 Å². The molecule has 0 saturated heterocycles. The maximum atomic E-state index is 4.17. The first kappa shape index (κ1) is 25.8. The molecule has 6 heteroatoms. The maximum Gasteiger partial charge on any atom is -0.0771 e. The van der Waals surface area contributed by atoms with Gasteiger partial charge in [-0.2, -0.15) is 0 Å². The van der Waals surface area contributed by atoms with Gasteiger partial charge in [-0.05, 0) is 21.5 Å². The van der Waals surface area contributed by atoms with Crippen LogP contribution in [0, 0.1) is 6.07 Å². The number of fused-ring (bicyclic) bond motifs is 6. The Kier molecular flexibility index (Phi) is 10.3. The van der Waals surface area contributed by atoms with Crippen molar-refractivity contribution in [3.05, 3.63) is 99.4 Å². The van der Waals surface area contributed by atoms with Crippen LogP contribution in [0.4, 0.5) is 0 Å². The second-order valence-corrected chi connectivity index (χ2v) is 8.73. The molecule has 0 fully saturated rings. The topological polar surface area (TPSA) is 0 Å². The van der Waals surface area contributed by atoms with Crippen molar-refractivity contribution in [2.75, 3.05) is 5.75 Å². The van der Waals surface area contributed by atoms with Crippen LogP contribution in [-0.2, 0) is 22.7 Å². The molecule has 0 nitrogen and oxygen atoms in total. The number of rotatable bonds is 0. The van der Waals surface area contributed by atoms with E-state index in [1.165, 1.54) is 47.6 Å². The van der Waals surface area contributed by atoms with Gasteiger partial charge in [-0.3, -0.25) is 0 Å². The van der Waals surface area contributed by atoms with Crippen molar-refractivity contribution < 1.29 is 47.5 Å². The van der Waals surface area contributed by atoms with Crippen molar-refractivity contribution in [1.29, 1.82) is 0 Å². The summed E-state index contributed by atoms with van der Waals surface area (Å²) in [4.78, 5) is 0. The summed E-state index contributed by atoms with van der Waals surface area (Å²) in [5.41, 5.74) is 5.39. The molecule has 4 aromatic carbocycles. The summed E-state index contributed by atoms with van der Waals surface area (Å²) in [5.74, 6) is 1.10. The molecule has 1 aliphatic carbocycles. The third-order valence-electron chi connectivity index (χ3n) is 4.87. The first-order valence-corrected chi connectivity index (χ1v) is 14.0. The number of allylic oxidation sites excluding steroid dienone is 1. The summed E-state index contributed by atoms with van der Waals surface area (Å²) < 4.78 is 1.28. The molecule has 6 rings (SSSR count). The third-order valence-corrected chi connectivity index (χ3v) is 6.87. The van der Waals surface area contributed by atoms with E-state index in [2.05, 4.69) is 97.6 Å². The number of hydrogen-bond donors (Lipinski definition) is 0. The quantitative estimate of drug-likeness (QED) is 0.280. The average Bonchev–Trinajstić information content (AvgIpc) is 3.42. The van der Waals surface area contributed by atoms with Crippen LogP contribution in [0.3, 0.4) is 0 Å². The minimum absolute atomic E-state index is 0. The van der Waals surface area contributed by atoms with Crippen LogP contribution in [-0.4, -0.2) is 5.75 Å². The Morgan fingerprint density at radius 2 is 1.50 bits per heavy atom. The van der Waals surface area contributed by atoms with E-state index in [0.717, 1.165) is 28.4 Å². The van der Waals surface area contributed by atoms with Crippen molar-refractivity contribution in [2.24, 2.45) is 0 Å². The molecule has 4 aromatic rings. The van der Waals surface area contributed by atoms with E-state index in [4.69, 9.17) is 0 Å². The van der Waals surface area contributed by atoms with Crippen LogP contribution in [0.2, 0.25) is 0 Å². The minimum Gasteiger partial charge on any atom is -0.126 e. The molecule has 0 radical (unpaired) electrons. The van der Waals surface area contributed by atoms with E-state index in [1.54, 1.807) is 0 Å². The predicted molar refractivity (Wildman–Crippen MR) is 126 cm³/mol. The van der Waals surface area contributed by atoms with Gasteiger partial charge in [0.1, 0.15) is 0 Å². The Morgan fingerprint density at radius 1 is 0.900 bits per heavy atom. The standard InChI is InChI=1S/C13H9.C11H6BrS.2ClH.S.Zr/c1-3-7-12-10(5-1)9-11-6-2-4-8-13(11)12;12-11-10-8(6-13-11)5-7-3-1-2-4-9(7)10;;;;/h1-9H;1-2,4-5H,6H2;2*1H;;/q2*-1;;;;+2/p-2. The van der Waals surface area contributed by atoms with Crippen LogP contribution >= 0.6 is 36.5 Å². The summed E-state index contributed by atoms with van der Waals surface area (Å²) in [5, 5.41) is 5.39. The van der Waals surface area contributed by atoms with E-state index in [1.807, 2.05) is 23.9 Å². The van der Waals surface area contributed by atoms with Crippen molar-refractivity contribution in [3.8, 4) is 0 Å². The SMILES string of the molecule is BrC1=C2C(=Cc3[c-]cccc32)CS1.[Cl-].[Cl-].[S]=[Zr+2].c1ccc2c(c1)[cH-]c1ccccc12. The molecular weight excluding hydrogens is 594 g/mol. The molecule has 0 saturated carbocycles. The van der Waals surface area contributed by atoms with E-state index >= 15 is 0 Å². The number of thioether (sulfide) groups is 1. The van der Waals surface area contributed by atoms with E-state index in [9.17, 15) is 0 Å². The molecule has 1 aliphatic heterocycles. The fraction of sp³-hybridized carbons (Fsp3) is 0.0417. The van der Waals surface area contributed by atoms with Gasteiger partial charge in [-0.25, -0.2) is 0 Å². The van der Waals surface area contributed by atoms with Gasteiger partial charge in [0, 0.05) is 9.57 Å². The normalized spacial score (nSPS) is 13.1. The second-order valence-electron chi connectivity index (χ2n) is 6.42. The summed E-state index contributed by atoms with van der Waals surface area (Å²) in [6.45, 7) is 0. The van der Waals surface area contributed by atoms with Crippen LogP contribution in [0.1, 0.15) is 11.1 Å². The van der Waals surface area contributed by atoms with Gasteiger partial charge in [0.05, 0.1) is 0 Å². The summed E-state index contributed by atoms with van der Waals surface area (Å²) >= 11 is 6.60. The molecule has 1 heterocycles. The van der Waals surface area contributed by atoms with Gasteiger partial charge in [0.2, 0.25) is 0 Å². The number of benzene rings is 3. The van der Waals surface area contributed by atoms with Crippen LogP contribution in [0.5, 0.6) is 0 Å². The summed E-state index contributed by atoms with van der Waals surface area (Å²) in [6, 6.07) is 28.7. The van der Waals surface area contributed by atoms with E-state index in [-0.39, 0.29) is 24.8 Å². The third kappa shape index (κ3) is 5.12. The number of halogens is 3. The molecule has 30 heavy (non-hydrogen) atoms. The Bertz CT molecular complexity index is 1180. The summed E-state index contributed by atoms with van der Waals surface area (Å²) in [6.07, 6.45) is 2.24. The van der Waals surface area contributed by atoms with Gasteiger partial charge in [-0.1, -0.05) is 42.0 Å². The fourth-order valence-corrected chi connectivity index (χ4v) is 5.38. The van der Waals surface area contributed by atoms with Crippen LogP contribution < -0.4 is 24.8 Å². The zero-order chi connectivity index (χ0) is 19.5. The molecule has 0 aromatic heterocycles. The largest absolute Gasteiger partial charge is 0.126 e. The monoisotopic (exact) mass is 606 g/mol. The molecule has 150 valence electrons. The first-order valence-electron chi connectivity index (χ1n) is 8.79. The van der Waals surface area contributed by atoms with Crippen molar-refractivity contribution >= 4 is 69.7 Å². The molecule has 0 spiro atoms. The van der Waals surface area contributed by atoms with Crippen molar-refractivity contribution in [1.82, 2.24) is 0 Å². The van der Waals surface area contributed by atoms with Crippen molar-refractivity contribution in [3.63, 3.8) is 0 Å². The molecule has 0 N–H and O–H groups in total. The molecule has 0 bridgehead atoms. The molecule has 0 atom stereocenters. The zero-order valence-electron chi connectivity index (χ0n) is 15.7. The fourth-order valence-electron chi connectivity index (χ4n) is 3.67. The molecule has 0 amide bonds. The van der Waals surface area contributed by atoms with Gasteiger partial charge < -0.3 is 24.8 Å². The predicted octanol–water partition coefficient (Wildman–Crippen LogP) is 2.06. The Balaban J connectivity index is 0.000000186. The van der Waals surface area contributed by atoms with Gasteiger partial charge in [-0.15, -0.1) is 93.0 Å². The van der Waals surface area contributed by atoms with E-state index < -0.39 is 0 Å². The molecular formula is C24H15BrCl2S2Zr-2. The first-order chi connectivity index (χ1) is 13.8. The average molecular weight is 610 g/mol. The van der Waals surface area contributed by atoms with Crippen molar-refractivity contribution in [2.45, 2.75) is 0 Å². The van der Waals surface area contributed by atoms with E-state index in [0.29, 0.717) is 0 Å². The molecule has 0 unspecified atom stereocenters. The zero-order valence-corrected chi connectivity index (χ0v) is 22.9. The van der Waals surface area contributed by atoms with Crippen LogP contribution in [0.15, 0.2) is 82.2 Å². The summed E-state index contributed by atoms with van der Waals surface area (Å²) in [7, 11) is 4.17. The Morgan fingerprint density at radius 3 is 2.13 bits per heavy atom. The van der Waals surface area contributed by atoms with Crippen LogP contribution in [0.25, 0.3) is 33.2 Å².